The van der Waals surface area contributed by atoms with Crippen LogP contribution in [0.2, 0.25) is 0 Å². The first-order valence-electron chi connectivity index (χ1n) is 6.50. The fourth-order valence-electron chi connectivity index (χ4n) is 1.96. The molecule has 0 saturated carbocycles. The summed E-state index contributed by atoms with van der Waals surface area (Å²) in [5.41, 5.74) is 2.91. The SMILES string of the molecule is Cc1cnn(CCCNC(=O)c2ccccc2C)c1. The van der Waals surface area contributed by atoms with E-state index in [1.165, 1.54) is 0 Å². The Kier molecular flexibility index (Phi) is 4.34. The van der Waals surface area contributed by atoms with Gasteiger partial charge in [-0.2, -0.15) is 5.10 Å². The fourth-order valence-corrected chi connectivity index (χ4v) is 1.96. The highest BCUT2D eigenvalue weighted by molar-refractivity contribution is 5.95. The minimum absolute atomic E-state index is 0.00486. The fraction of sp³-hybridized carbons (Fsp3) is 0.333. The first kappa shape index (κ1) is 13.3. The second kappa shape index (κ2) is 6.18. The largest absolute Gasteiger partial charge is 0.352 e. The van der Waals surface area contributed by atoms with Gasteiger partial charge in [-0.3, -0.25) is 9.48 Å². The summed E-state index contributed by atoms with van der Waals surface area (Å²) in [6.07, 6.45) is 4.72. The van der Waals surface area contributed by atoms with E-state index in [1.807, 2.05) is 55.2 Å². The van der Waals surface area contributed by atoms with Crippen molar-refractivity contribution >= 4 is 5.91 Å². The van der Waals surface area contributed by atoms with Gasteiger partial charge >= 0.3 is 0 Å². The lowest BCUT2D eigenvalue weighted by molar-refractivity contribution is 0.0952. The number of rotatable bonds is 5. The zero-order chi connectivity index (χ0) is 13.7. The van der Waals surface area contributed by atoms with Crippen LogP contribution in [0.1, 0.15) is 27.9 Å². The van der Waals surface area contributed by atoms with Crippen molar-refractivity contribution in [1.29, 1.82) is 0 Å². The zero-order valence-electron chi connectivity index (χ0n) is 11.4. The number of benzene rings is 1. The van der Waals surface area contributed by atoms with Crippen LogP contribution in [0.15, 0.2) is 36.7 Å². The number of nitrogens with one attached hydrogen (secondary N) is 1. The average Bonchev–Trinajstić information content (AvgIpc) is 2.81. The van der Waals surface area contributed by atoms with Crippen LogP contribution < -0.4 is 5.32 Å². The Morgan fingerprint density at radius 1 is 1.32 bits per heavy atom. The average molecular weight is 257 g/mol. The van der Waals surface area contributed by atoms with Crippen molar-refractivity contribution in [1.82, 2.24) is 15.1 Å². The molecule has 2 aromatic rings. The molecule has 0 aliphatic rings. The zero-order valence-corrected chi connectivity index (χ0v) is 11.4. The molecule has 4 nitrogen and oxygen atoms in total. The van der Waals surface area contributed by atoms with Gasteiger partial charge in [0.1, 0.15) is 0 Å². The highest BCUT2D eigenvalue weighted by Gasteiger charge is 2.06. The number of amides is 1. The van der Waals surface area contributed by atoms with E-state index in [0.29, 0.717) is 6.54 Å². The van der Waals surface area contributed by atoms with E-state index in [4.69, 9.17) is 0 Å². The summed E-state index contributed by atoms with van der Waals surface area (Å²) in [4.78, 5) is 11.9. The molecular formula is C15H19N3O. The van der Waals surface area contributed by atoms with E-state index >= 15 is 0 Å². The molecule has 100 valence electrons. The molecule has 0 atom stereocenters. The van der Waals surface area contributed by atoms with Crippen LogP contribution in [0.25, 0.3) is 0 Å². The molecule has 0 aliphatic carbocycles. The van der Waals surface area contributed by atoms with Crippen molar-refractivity contribution in [3.63, 3.8) is 0 Å². The normalized spacial score (nSPS) is 10.4. The smallest absolute Gasteiger partial charge is 0.251 e. The molecule has 1 N–H and O–H groups in total. The molecule has 1 aromatic carbocycles. The lowest BCUT2D eigenvalue weighted by Gasteiger charge is -2.07. The quantitative estimate of drug-likeness (QED) is 0.836. The van der Waals surface area contributed by atoms with Crippen LogP contribution >= 0.6 is 0 Å². The number of aromatic nitrogens is 2. The molecule has 0 spiro atoms. The predicted octanol–water partition coefficient (Wildman–Crippen LogP) is 2.32. The first-order valence-corrected chi connectivity index (χ1v) is 6.50. The highest BCUT2D eigenvalue weighted by atomic mass is 16.1. The van der Waals surface area contributed by atoms with Gasteiger partial charge in [0, 0.05) is 24.8 Å². The van der Waals surface area contributed by atoms with Crippen molar-refractivity contribution in [3.05, 3.63) is 53.3 Å². The topological polar surface area (TPSA) is 46.9 Å². The summed E-state index contributed by atoms with van der Waals surface area (Å²) in [7, 11) is 0. The molecule has 0 saturated heterocycles. The summed E-state index contributed by atoms with van der Waals surface area (Å²) in [6, 6.07) is 7.61. The van der Waals surface area contributed by atoms with Crippen molar-refractivity contribution in [3.8, 4) is 0 Å². The molecule has 0 bridgehead atoms. The summed E-state index contributed by atoms with van der Waals surface area (Å²) < 4.78 is 1.90. The lowest BCUT2D eigenvalue weighted by atomic mass is 10.1. The minimum Gasteiger partial charge on any atom is -0.352 e. The summed E-state index contributed by atoms with van der Waals surface area (Å²) >= 11 is 0. The number of aryl methyl sites for hydroxylation is 3. The van der Waals surface area contributed by atoms with Gasteiger partial charge in [-0.25, -0.2) is 0 Å². The van der Waals surface area contributed by atoms with Crippen molar-refractivity contribution < 1.29 is 4.79 Å². The van der Waals surface area contributed by atoms with Crippen LogP contribution in [-0.2, 0) is 6.54 Å². The Hall–Kier alpha value is -2.10. The van der Waals surface area contributed by atoms with E-state index < -0.39 is 0 Å². The molecular weight excluding hydrogens is 238 g/mol. The number of hydrogen-bond donors (Lipinski definition) is 1. The molecule has 19 heavy (non-hydrogen) atoms. The number of hydrogen-bond acceptors (Lipinski definition) is 2. The maximum absolute atomic E-state index is 11.9. The maximum Gasteiger partial charge on any atom is 0.251 e. The van der Waals surface area contributed by atoms with Gasteiger partial charge in [0.15, 0.2) is 0 Å². The van der Waals surface area contributed by atoms with Gasteiger partial charge in [0.25, 0.3) is 5.91 Å². The highest BCUT2D eigenvalue weighted by Crippen LogP contribution is 2.06. The van der Waals surface area contributed by atoms with E-state index in [-0.39, 0.29) is 5.91 Å². The van der Waals surface area contributed by atoms with Gasteiger partial charge in [0.2, 0.25) is 0 Å². The molecule has 2 rings (SSSR count). The second-order valence-electron chi connectivity index (χ2n) is 4.71. The molecule has 0 radical (unpaired) electrons. The van der Waals surface area contributed by atoms with Gasteiger partial charge in [-0.1, -0.05) is 18.2 Å². The molecule has 0 fully saturated rings. The van der Waals surface area contributed by atoms with Crippen LogP contribution in [0.5, 0.6) is 0 Å². The maximum atomic E-state index is 11.9. The van der Waals surface area contributed by atoms with Crippen LogP contribution in [0, 0.1) is 13.8 Å². The molecule has 4 heteroatoms. The standard InChI is InChI=1S/C15H19N3O/c1-12-10-17-18(11-12)9-5-8-16-15(19)14-7-4-3-6-13(14)2/h3-4,6-7,10-11H,5,8-9H2,1-2H3,(H,16,19). The van der Waals surface area contributed by atoms with Crippen LogP contribution in [0.4, 0.5) is 0 Å². The molecule has 0 unspecified atom stereocenters. The third-order valence-corrected chi connectivity index (χ3v) is 3.00. The third-order valence-electron chi connectivity index (χ3n) is 3.00. The van der Waals surface area contributed by atoms with E-state index in [2.05, 4.69) is 10.4 Å². The molecule has 1 amide bonds. The Labute approximate surface area is 113 Å². The van der Waals surface area contributed by atoms with Crippen molar-refractivity contribution in [2.45, 2.75) is 26.8 Å². The predicted molar refractivity (Wildman–Crippen MR) is 75.1 cm³/mol. The van der Waals surface area contributed by atoms with Gasteiger partial charge in [-0.05, 0) is 37.5 Å². The van der Waals surface area contributed by atoms with Gasteiger partial charge in [0.05, 0.1) is 6.20 Å². The Balaban J connectivity index is 1.77. The Morgan fingerprint density at radius 3 is 2.79 bits per heavy atom. The van der Waals surface area contributed by atoms with E-state index in [0.717, 1.165) is 29.7 Å². The Morgan fingerprint density at radius 2 is 2.11 bits per heavy atom. The molecule has 0 aliphatic heterocycles. The monoisotopic (exact) mass is 257 g/mol. The van der Waals surface area contributed by atoms with E-state index in [1.54, 1.807) is 0 Å². The third kappa shape index (κ3) is 3.68. The van der Waals surface area contributed by atoms with E-state index in [9.17, 15) is 4.79 Å². The summed E-state index contributed by atoms with van der Waals surface area (Å²) in [5.74, 6) is -0.00486. The van der Waals surface area contributed by atoms with Crippen molar-refractivity contribution in [2.75, 3.05) is 6.54 Å². The summed E-state index contributed by atoms with van der Waals surface area (Å²) in [5, 5.41) is 7.15. The number of carbonyl (C=O) groups is 1. The second-order valence-corrected chi connectivity index (χ2v) is 4.71. The summed E-state index contributed by atoms with van der Waals surface area (Å²) in [6.45, 7) is 5.44. The Bertz CT molecular complexity index is 560. The number of carbonyl (C=O) groups excluding carboxylic acids is 1. The molecule has 1 aromatic heterocycles. The van der Waals surface area contributed by atoms with Gasteiger partial charge in [-0.15, -0.1) is 0 Å². The molecule has 1 heterocycles. The van der Waals surface area contributed by atoms with Crippen molar-refractivity contribution in [2.24, 2.45) is 0 Å². The van der Waals surface area contributed by atoms with Crippen LogP contribution in [0.3, 0.4) is 0 Å². The van der Waals surface area contributed by atoms with Crippen LogP contribution in [-0.4, -0.2) is 22.2 Å². The number of nitrogens with zero attached hydrogens (tertiary/aromatic N) is 2. The lowest BCUT2D eigenvalue weighted by Crippen LogP contribution is -2.25. The first-order chi connectivity index (χ1) is 9.16. The minimum atomic E-state index is -0.00486. The van der Waals surface area contributed by atoms with Gasteiger partial charge < -0.3 is 5.32 Å².